The molecule has 0 fully saturated rings. The molecule has 3 heteroatoms. The van der Waals surface area contributed by atoms with Gasteiger partial charge in [-0.2, -0.15) is 0 Å². The van der Waals surface area contributed by atoms with E-state index < -0.39 is 0 Å². The molecule has 0 aliphatic heterocycles. The van der Waals surface area contributed by atoms with Crippen molar-refractivity contribution in [3.63, 3.8) is 0 Å². The van der Waals surface area contributed by atoms with Crippen molar-refractivity contribution in [2.24, 2.45) is 0 Å². The molecule has 0 radical (unpaired) electrons. The molecule has 0 saturated heterocycles. The standard InChI is InChI=1S/C17H26BrIO/c1-4-5-6-7-10-14(2)20-17(3,13-19)15-11-8-9-12-16(15)18/h8-9,11-12,14H,4-7,10,13H2,1-3H3. The minimum Gasteiger partial charge on any atom is -0.367 e. The topological polar surface area (TPSA) is 9.23 Å². The van der Waals surface area contributed by atoms with E-state index in [4.69, 9.17) is 4.74 Å². The molecule has 0 aromatic heterocycles. The van der Waals surface area contributed by atoms with Crippen LogP contribution in [0.3, 0.4) is 0 Å². The van der Waals surface area contributed by atoms with Gasteiger partial charge in [0.05, 0.1) is 6.10 Å². The van der Waals surface area contributed by atoms with Gasteiger partial charge in [-0.25, -0.2) is 0 Å². The van der Waals surface area contributed by atoms with E-state index in [1.165, 1.54) is 31.2 Å². The van der Waals surface area contributed by atoms with Crippen LogP contribution in [0.2, 0.25) is 0 Å². The van der Waals surface area contributed by atoms with Crippen LogP contribution in [-0.2, 0) is 10.3 Å². The lowest BCUT2D eigenvalue weighted by molar-refractivity contribution is -0.0669. The Bertz CT molecular complexity index is 396. The molecule has 2 atom stereocenters. The molecule has 1 aromatic rings. The average Bonchev–Trinajstić information content (AvgIpc) is 2.44. The zero-order valence-electron chi connectivity index (χ0n) is 12.8. The Labute approximate surface area is 146 Å². The summed E-state index contributed by atoms with van der Waals surface area (Å²) in [5, 5.41) is 0. The van der Waals surface area contributed by atoms with Crippen LogP contribution in [0.1, 0.15) is 58.4 Å². The van der Waals surface area contributed by atoms with Gasteiger partial charge in [0.15, 0.2) is 0 Å². The van der Waals surface area contributed by atoms with Crippen LogP contribution in [0.4, 0.5) is 0 Å². The summed E-state index contributed by atoms with van der Waals surface area (Å²) in [5.74, 6) is 0. The van der Waals surface area contributed by atoms with Crippen molar-refractivity contribution < 1.29 is 4.74 Å². The van der Waals surface area contributed by atoms with Gasteiger partial charge < -0.3 is 4.74 Å². The van der Waals surface area contributed by atoms with E-state index in [2.05, 4.69) is 83.6 Å². The molecule has 1 rings (SSSR count). The van der Waals surface area contributed by atoms with Crippen LogP contribution in [0.25, 0.3) is 0 Å². The average molecular weight is 453 g/mol. The zero-order valence-corrected chi connectivity index (χ0v) is 16.5. The lowest BCUT2D eigenvalue weighted by Crippen LogP contribution is -2.32. The molecule has 0 saturated carbocycles. The van der Waals surface area contributed by atoms with Crippen molar-refractivity contribution >= 4 is 38.5 Å². The Balaban J connectivity index is 2.63. The molecule has 0 spiro atoms. The second-order valence-electron chi connectivity index (χ2n) is 5.62. The number of alkyl halides is 1. The molecular weight excluding hydrogens is 427 g/mol. The SMILES string of the molecule is CCCCCCC(C)OC(C)(CI)c1ccccc1Br. The molecule has 0 amide bonds. The summed E-state index contributed by atoms with van der Waals surface area (Å²) >= 11 is 6.08. The van der Waals surface area contributed by atoms with E-state index in [9.17, 15) is 0 Å². The van der Waals surface area contributed by atoms with Crippen molar-refractivity contribution in [1.82, 2.24) is 0 Å². The van der Waals surface area contributed by atoms with Crippen molar-refractivity contribution in [2.75, 3.05) is 4.43 Å². The quantitative estimate of drug-likeness (QED) is 0.237. The van der Waals surface area contributed by atoms with Crippen molar-refractivity contribution in [2.45, 2.75) is 64.6 Å². The Morgan fingerprint density at radius 3 is 2.55 bits per heavy atom. The zero-order chi connectivity index (χ0) is 15.0. The van der Waals surface area contributed by atoms with Crippen molar-refractivity contribution in [1.29, 1.82) is 0 Å². The summed E-state index contributed by atoms with van der Waals surface area (Å²) in [6.45, 7) is 6.65. The molecule has 1 aromatic carbocycles. The van der Waals surface area contributed by atoms with E-state index in [0.29, 0.717) is 6.10 Å². The van der Waals surface area contributed by atoms with E-state index in [-0.39, 0.29) is 5.60 Å². The predicted octanol–water partition coefficient (Wildman–Crippen LogP) is 6.47. The van der Waals surface area contributed by atoms with E-state index in [1.54, 1.807) is 0 Å². The lowest BCUT2D eigenvalue weighted by atomic mass is 9.97. The molecule has 114 valence electrons. The van der Waals surface area contributed by atoms with Gasteiger partial charge in [-0.15, -0.1) is 0 Å². The Morgan fingerprint density at radius 1 is 1.25 bits per heavy atom. The van der Waals surface area contributed by atoms with E-state index in [1.807, 2.05) is 0 Å². The third-order valence-electron chi connectivity index (χ3n) is 3.62. The largest absolute Gasteiger partial charge is 0.367 e. The maximum atomic E-state index is 6.40. The Hall–Kier alpha value is 0.390. The molecule has 0 heterocycles. The summed E-state index contributed by atoms with van der Waals surface area (Å²) in [6, 6.07) is 8.39. The third kappa shape index (κ3) is 5.64. The highest BCUT2D eigenvalue weighted by Crippen LogP contribution is 2.34. The number of ether oxygens (including phenoxy) is 1. The first kappa shape index (κ1) is 18.4. The highest BCUT2D eigenvalue weighted by Gasteiger charge is 2.30. The van der Waals surface area contributed by atoms with Gasteiger partial charge in [-0.05, 0) is 31.9 Å². The number of benzene rings is 1. The normalized spacial score (nSPS) is 15.8. The molecule has 2 unspecified atom stereocenters. The number of hydrogen-bond donors (Lipinski definition) is 0. The molecule has 0 N–H and O–H groups in total. The highest BCUT2D eigenvalue weighted by atomic mass is 127. The van der Waals surface area contributed by atoms with Crippen molar-refractivity contribution in [3.05, 3.63) is 34.3 Å². The maximum absolute atomic E-state index is 6.40. The van der Waals surface area contributed by atoms with Crippen molar-refractivity contribution in [3.8, 4) is 0 Å². The van der Waals surface area contributed by atoms with Gasteiger partial charge in [0.25, 0.3) is 0 Å². The minimum atomic E-state index is -0.217. The number of hydrogen-bond acceptors (Lipinski definition) is 1. The highest BCUT2D eigenvalue weighted by molar-refractivity contribution is 14.1. The molecule has 0 aliphatic carbocycles. The Kier molecular flexibility index (Phi) is 8.68. The summed E-state index contributed by atoms with van der Waals surface area (Å²) < 4.78 is 8.48. The van der Waals surface area contributed by atoms with E-state index in [0.717, 1.165) is 15.3 Å². The van der Waals surface area contributed by atoms with Gasteiger partial charge >= 0.3 is 0 Å². The van der Waals surface area contributed by atoms with Crippen LogP contribution >= 0.6 is 38.5 Å². The maximum Gasteiger partial charge on any atom is 0.101 e. The second kappa shape index (κ2) is 9.42. The minimum absolute atomic E-state index is 0.217. The summed E-state index contributed by atoms with van der Waals surface area (Å²) in [4.78, 5) is 0. The van der Waals surface area contributed by atoms with Crippen LogP contribution in [0.5, 0.6) is 0 Å². The van der Waals surface area contributed by atoms with Gasteiger partial charge in [0.2, 0.25) is 0 Å². The molecule has 20 heavy (non-hydrogen) atoms. The fraction of sp³-hybridized carbons (Fsp3) is 0.647. The molecule has 0 aliphatic rings. The molecule has 1 nitrogen and oxygen atoms in total. The first-order valence-corrected chi connectivity index (χ1v) is 9.84. The smallest absolute Gasteiger partial charge is 0.101 e. The summed E-state index contributed by atoms with van der Waals surface area (Å²) in [7, 11) is 0. The van der Waals surface area contributed by atoms with Crippen LogP contribution in [-0.4, -0.2) is 10.5 Å². The fourth-order valence-electron chi connectivity index (χ4n) is 2.42. The number of rotatable bonds is 9. The predicted molar refractivity (Wildman–Crippen MR) is 99.7 cm³/mol. The summed E-state index contributed by atoms with van der Waals surface area (Å²) in [5.41, 5.74) is 1.03. The van der Waals surface area contributed by atoms with Gasteiger partial charge in [0, 0.05) is 8.90 Å². The third-order valence-corrected chi connectivity index (χ3v) is 5.77. The first-order chi connectivity index (χ1) is 9.53. The van der Waals surface area contributed by atoms with Crippen LogP contribution in [0.15, 0.2) is 28.7 Å². The van der Waals surface area contributed by atoms with Gasteiger partial charge in [-0.3, -0.25) is 0 Å². The first-order valence-electron chi connectivity index (χ1n) is 7.52. The Morgan fingerprint density at radius 2 is 1.95 bits per heavy atom. The van der Waals surface area contributed by atoms with Crippen LogP contribution in [0, 0.1) is 0 Å². The molecule has 0 bridgehead atoms. The van der Waals surface area contributed by atoms with Crippen LogP contribution < -0.4 is 0 Å². The molecular formula is C17H26BrIO. The fourth-order valence-corrected chi connectivity index (χ4v) is 3.71. The van der Waals surface area contributed by atoms with E-state index >= 15 is 0 Å². The van der Waals surface area contributed by atoms with Gasteiger partial charge in [-0.1, -0.05) is 89.3 Å². The number of unbranched alkanes of at least 4 members (excludes halogenated alkanes) is 3. The number of halogens is 2. The van der Waals surface area contributed by atoms with Gasteiger partial charge in [0.1, 0.15) is 5.60 Å². The lowest BCUT2D eigenvalue weighted by Gasteiger charge is -2.33. The second-order valence-corrected chi connectivity index (χ2v) is 7.24. The summed E-state index contributed by atoms with van der Waals surface area (Å²) in [6.07, 6.45) is 6.66. The monoisotopic (exact) mass is 452 g/mol.